The molecule has 2 rings (SSSR count). The van der Waals surface area contributed by atoms with Gasteiger partial charge in [0, 0.05) is 11.8 Å². The minimum Gasteiger partial charge on any atom is -0.292 e. The van der Waals surface area contributed by atoms with Crippen molar-refractivity contribution in [1.82, 2.24) is 0 Å². The van der Waals surface area contributed by atoms with Crippen molar-refractivity contribution in [3.63, 3.8) is 0 Å². The maximum Gasteiger partial charge on any atom is 0.182 e. The molecule has 1 aliphatic rings. The molecule has 0 atom stereocenters. The molecule has 0 fully saturated rings. The molecule has 0 amide bonds. The standard InChI is InChI=1S/C13H15NO/c1-13(2,3)12-11(15)8-9-6-4-5-7-10(9)14-12/h4-7H,8H2,1-3H3. The molecule has 0 saturated carbocycles. The third kappa shape index (κ3) is 1.84. The topological polar surface area (TPSA) is 29.4 Å². The van der Waals surface area contributed by atoms with Crippen molar-refractivity contribution in [2.75, 3.05) is 0 Å². The second-order valence-corrected chi connectivity index (χ2v) is 4.94. The largest absolute Gasteiger partial charge is 0.292 e. The van der Waals surface area contributed by atoms with Crippen molar-refractivity contribution in [2.45, 2.75) is 27.2 Å². The van der Waals surface area contributed by atoms with Gasteiger partial charge in [-0.05, 0) is 11.6 Å². The smallest absolute Gasteiger partial charge is 0.182 e. The van der Waals surface area contributed by atoms with Crippen LogP contribution in [0.5, 0.6) is 0 Å². The number of aliphatic imine (C=N–C) groups is 1. The second kappa shape index (κ2) is 3.30. The number of rotatable bonds is 0. The summed E-state index contributed by atoms with van der Waals surface area (Å²) >= 11 is 0. The van der Waals surface area contributed by atoms with Crippen LogP contribution in [0.25, 0.3) is 0 Å². The molecule has 0 N–H and O–H groups in total. The second-order valence-electron chi connectivity index (χ2n) is 4.94. The van der Waals surface area contributed by atoms with E-state index in [0.717, 1.165) is 11.3 Å². The molecule has 15 heavy (non-hydrogen) atoms. The molecule has 0 aliphatic carbocycles. The zero-order chi connectivity index (χ0) is 11.1. The summed E-state index contributed by atoms with van der Waals surface area (Å²) in [5, 5.41) is 0. The first-order valence-electron chi connectivity index (χ1n) is 5.19. The summed E-state index contributed by atoms with van der Waals surface area (Å²) in [5.74, 6) is 0.154. The Morgan fingerprint density at radius 1 is 1.20 bits per heavy atom. The number of Topliss-reactive ketones (excluding diaryl/α,β-unsaturated/α-hetero) is 1. The van der Waals surface area contributed by atoms with Crippen molar-refractivity contribution in [2.24, 2.45) is 10.4 Å². The highest BCUT2D eigenvalue weighted by atomic mass is 16.1. The first kappa shape index (κ1) is 10.1. The molecule has 0 spiro atoms. The summed E-state index contributed by atoms with van der Waals surface area (Å²) in [7, 11) is 0. The van der Waals surface area contributed by atoms with E-state index < -0.39 is 0 Å². The van der Waals surface area contributed by atoms with E-state index in [0.29, 0.717) is 12.1 Å². The molecule has 0 unspecified atom stereocenters. The number of hydrogen-bond donors (Lipinski definition) is 0. The number of benzene rings is 1. The highest BCUT2D eigenvalue weighted by Gasteiger charge is 2.29. The van der Waals surface area contributed by atoms with E-state index in [9.17, 15) is 4.79 Å². The Kier molecular flexibility index (Phi) is 2.22. The van der Waals surface area contributed by atoms with Crippen LogP contribution in [-0.4, -0.2) is 11.5 Å². The Labute approximate surface area is 90.0 Å². The monoisotopic (exact) mass is 201 g/mol. The molecule has 0 saturated heterocycles. The van der Waals surface area contributed by atoms with E-state index in [1.165, 1.54) is 0 Å². The third-order valence-electron chi connectivity index (χ3n) is 2.55. The van der Waals surface area contributed by atoms with E-state index in [-0.39, 0.29) is 11.2 Å². The molecule has 1 heterocycles. The lowest BCUT2D eigenvalue weighted by atomic mass is 9.83. The van der Waals surface area contributed by atoms with Gasteiger partial charge < -0.3 is 0 Å². The molecule has 1 aromatic carbocycles. The Morgan fingerprint density at radius 2 is 1.87 bits per heavy atom. The number of carbonyl (C=O) groups excluding carboxylic acids is 1. The molecule has 1 aromatic rings. The zero-order valence-electron chi connectivity index (χ0n) is 9.37. The molecule has 1 aliphatic heterocycles. The van der Waals surface area contributed by atoms with E-state index >= 15 is 0 Å². The van der Waals surface area contributed by atoms with Crippen LogP contribution in [0.3, 0.4) is 0 Å². The summed E-state index contributed by atoms with van der Waals surface area (Å²) in [5.41, 5.74) is 2.52. The van der Waals surface area contributed by atoms with Crippen LogP contribution in [0, 0.1) is 5.41 Å². The van der Waals surface area contributed by atoms with Crippen LogP contribution in [0.4, 0.5) is 5.69 Å². The summed E-state index contributed by atoms with van der Waals surface area (Å²) in [6.07, 6.45) is 0.492. The van der Waals surface area contributed by atoms with Crippen LogP contribution in [0.2, 0.25) is 0 Å². The predicted octanol–water partition coefficient (Wildman–Crippen LogP) is 2.93. The summed E-state index contributed by atoms with van der Waals surface area (Å²) in [6, 6.07) is 7.84. The third-order valence-corrected chi connectivity index (χ3v) is 2.55. The van der Waals surface area contributed by atoms with E-state index in [1.807, 2.05) is 45.0 Å². The molecule has 0 radical (unpaired) electrons. The molecule has 2 nitrogen and oxygen atoms in total. The molecule has 2 heteroatoms. The highest BCUT2D eigenvalue weighted by Crippen LogP contribution is 2.29. The minimum absolute atomic E-state index is 0.154. The normalized spacial score (nSPS) is 15.9. The van der Waals surface area contributed by atoms with Crippen LogP contribution in [0.15, 0.2) is 29.3 Å². The first-order valence-corrected chi connectivity index (χ1v) is 5.19. The van der Waals surface area contributed by atoms with Crippen LogP contribution in [0.1, 0.15) is 26.3 Å². The Morgan fingerprint density at radius 3 is 2.53 bits per heavy atom. The fourth-order valence-electron chi connectivity index (χ4n) is 1.79. The lowest BCUT2D eigenvalue weighted by Crippen LogP contribution is -2.31. The SMILES string of the molecule is CC(C)(C)C1=Nc2ccccc2CC1=O. The van der Waals surface area contributed by atoms with Gasteiger partial charge in [0.1, 0.15) is 0 Å². The molecular weight excluding hydrogens is 186 g/mol. The highest BCUT2D eigenvalue weighted by molar-refractivity contribution is 6.43. The van der Waals surface area contributed by atoms with E-state index in [2.05, 4.69) is 4.99 Å². The molecule has 78 valence electrons. The average Bonchev–Trinajstić information content (AvgIpc) is 2.15. The Hall–Kier alpha value is -1.44. The predicted molar refractivity (Wildman–Crippen MR) is 61.7 cm³/mol. The van der Waals surface area contributed by atoms with Gasteiger partial charge in [-0.3, -0.25) is 4.79 Å². The maximum absolute atomic E-state index is 11.9. The summed E-state index contributed by atoms with van der Waals surface area (Å²) < 4.78 is 0. The van der Waals surface area contributed by atoms with Gasteiger partial charge >= 0.3 is 0 Å². The Balaban J connectivity index is 2.53. The van der Waals surface area contributed by atoms with E-state index in [4.69, 9.17) is 0 Å². The van der Waals surface area contributed by atoms with Gasteiger partial charge in [0.15, 0.2) is 5.78 Å². The number of nitrogens with zero attached hydrogens (tertiary/aromatic N) is 1. The Bertz CT molecular complexity index is 438. The van der Waals surface area contributed by atoms with Crippen molar-refractivity contribution in [3.05, 3.63) is 29.8 Å². The van der Waals surface area contributed by atoms with Gasteiger partial charge in [-0.2, -0.15) is 0 Å². The van der Waals surface area contributed by atoms with Gasteiger partial charge in [0.2, 0.25) is 0 Å². The quantitative estimate of drug-likeness (QED) is 0.634. The number of hydrogen-bond acceptors (Lipinski definition) is 2. The molecule has 0 aromatic heterocycles. The molecule has 0 bridgehead atoms. The van der Waals surface area contributed by atoms with Gasteiger partial charge in [-0.25, -0.2) is 4.99 Å². The fourth-order valence-corrected chi connectivity index (χ4v) is 1.79. The van der Waals surface area contributed by atoms with Crippen LogP contribution >= 0.6 is 0 Å². The van der Waals surface area contributed by atoms with Crippen molar-refractivity contribution < 1.29 is 4.79 Å². The first-order chi connectivity index (χ1) is 6.98. The van der Waals surface area contributed by atoms with Gasteiger partial charge in [0.05, 0.1) is 11.4 Å². The molecular formula is C13H15NO. The van der Waals surface area contributed by atoms with Crippen molar-refractivity contribution in [3.8, 4) is 0 Å². The van der Waals surface area contributed by atoms with Gasteiger partial charge in [-0.1, -0.05) is 39.0 Å². The summed E-state index contributed by atoms with van der Waals surface area (Å²) in [4.78, 5) is 16.3. The summed E-state index contributed by atoms with van der Waals surface area (Å²) in [6.45, 7) is 6.08. The number of carbonyl (C=O) groups is 1. The van der Waals surface area contributed by atoms with Crippen LogP contribution < -0.4 is 0 Å². The minimum atomic E-state index is -0.162. The zero-order valence-corrected chi connectivity index (χ0v) is 9.37. The average molecular weight is 201 g/mol. The lowest BCUT2D eigenvalue weighted by molar-refractivity contribution is -0.112. The van der Waals surface area contributed by atoms with Gasteiger partial charge in [-0.15, -0.1) is 0 Å². The van der Waals surface area contributed by atoms with Crippen molar-refractivity contribution >= 4 is 17.2 Å². The fraction of sp³-hybridized carbons (Fsp3) is 0.385. The van der Waals surface area contributed by atoms with E-state index in [1.54, 1.807) is 0 Å². The number of para-hydroxylation sites is 1. The number of fused-ring (bicyclic) bond motifs is 1. The lowest BCUT2D eigenvalue weighted by Gasteiger charge is -2.24. The number of ketones is 1. The maximum atomic E-state index is 11.9. The van der Waals surface area contributed by atoms with Crippen molar-refractivity contribution in [1.29, 1.82) is 0 Å². The van der Waals surface area contributed by atoms with Crippen LogP contribution in [-0.2, 0) is 11.2 Å². The van der Waals surface area contributed by atoms with Gasteiger partial charge in [0.25, 0.3) is 0 Å².